The van der Waals surface area contributed by atoms with E-state index in [2.05, 4.69) is 13.8 Å². The highest BCUT2D eigenvalue weighted by atomic mass is 16.5. The summed E-state index contributed by atoms with van der Waals surface area (Å²) in [6.45, 7) is 8.96. The molecule has 2 radical (unpaired) electrons. The second-order valence-electron chi connectivity index (χ2n) is 3.44. The van der Waals surface area contributed by atoms with Crippen molar-refractivity contribution in [2.45, 2.75) is 51.4 Å². The summed E-state index contributed by atoms with van der Waals surface area (Å²) in [6, 6.07) is 0. The lowest BCUT2D eigenvalue weighted by Crippen LogP contribution is -1.93. The van der Waals surface area contributed by atoms with Crippen LogP contribution in [-0.2, 0) is 4.74 Å². The van der Waals surface area contributed by atoms with Crippen molar-refractivity contribution in [3.05, 3.63) is 13.8 Å². The normalized spacial score (nSPS) is 10.6. The summed E-state index contributed by atoms with van der Waals surface area (Å²) in [5.41, 5.74) is 0. The summed E-state index contributed by atoms with van der Waals surface area (Å²) in [7, 11) is 0. The third-order valence-corrected chi connectivity index (χ3v) is 2.18. The highest BCUT2D eigenvalue weighted by Crippen LogP contribution is 2.07. The molecule has 0 aliphatic carbocycles. The van der Waals surface area contributed by atoms with E-state index in [0.717, 1.165) is 13.0 Å². The van der Waals surface area contributed by atoms with Gasteiger partial charge < -0.3 is 4.74 Å². The number of hydrogen-bond donors (Lipinski definition) is 0. The Labute approximate surface area is 83.9 Å². The van der Waals surface area contributed by atoms with Crippen molar-refractivity contribution in [2.75, 3.05) is 13.2 Å². The van der Waals surface area contributed by atoms with Gasteiger partial charge in [-0.05, 0) is 13.3 Å². The zero-order valence-electron chi connectivity index (χ0n) is 8.89. The molecule has 0 saturated heterocycles. The van der Waals surface area contributed by atoms with Gasteiger partial charge >= 0.3 is 0 Å². The number of unbranched alkanes of at least 4 members (excludes halogenated alkanes) is 7. The van der Waals surface area contributed by atoms with Crippen LogP contribution in [0.1, 0.15) is 51.4 Å². The Hall–Kier alpha value is -0.0400. The standard InChI is InChI=1S/C12H24O/c1-3-5-6-7-8-9-10-11-12-13-4-2/h1-12H2. The molecule has 0 fully saturated rings. The molecule has 0 spiro atoms. The molecule has 0 aromatic heterocycles. The molecule has 0 heterocycles. The van der Waals surface area contributed by atoms with Gasteiger partial charge in [0.1, 0.15) is 0 Å². The summed E-state index contributed by atoms with van der Waals surface area (Å²) < 4.78 is 5.16. The van der Waals surface area contributed by atoms with Gasteiger partial charge in [-0.25, -0.2) is 0 Å². The fraction of sp³-hybridized carbons (Fsp3) is 0.833. The first-order valence-corrected chi connectivity index (χ1v) is 5.58. The van der Waals surface area contributed by atoms with Crippen molar-refractivity contribution in [3.63, 3.8) is 0 Å². The minimum Gasteiger partial charge on any atom is -0.381 e. The molecular formula is C12H24O. The van der Waals surface area contributed by atoms with Crippen LogP contribution in [0.5, 0.6) is 0 Å². The van der Waals surface area contributed by atoms with Crippen LogP contribution in [0.3, 0.4) is 0 Å². The van der Waals surface area contributed by atoms with Crippen molar-refractivity contribution < 1.29 is 4.74 Å². The molecule has 1 nitrogen and oxygen atoms in total. The first-order chi connectivity index (χ1) is 6.41. The predicted molar refractivity (Wildman–Crippen MR) is 58.5 cm³/mol. The quantitative estimate of drug-likeness (QED) is 0.469. The largest absolute Gasteiger partial charge is 0.381 e. The van der Waals surface area contributed by atoms with Crippen molar-refractivity contribution in [1.29, 1.82) is 0 Å². The fourth-order valence-corrected chi connectivity index (χ4v) is 1.37. The molecule has 78 valence electrons. The maximum atomic E-state index is 5.16. The van der Waals surface area contributed by atoms with Crippen LogP contribution in [0.2, 0.25) is 0 Å². The predicted octanol–water partition coefficient (Wildman–Crippen LogP) is 3.79. The van der Waals surface area contributed by atoms with Crippen molar-refractivity contribution >= 4 is 0 Å². The molecule has 0 rings (SSSR count). The summed E-state index contributed by atoms with van der Waals surface area (Å²) >= 11 is 0. The Morgan fingerprint density at radius 1 is 0.692 bits per heavy atom. The highest BCUT2D eigenvalue weighted by Gasteiger charge is 1.90. The minimum atomic E-state index is 0.615. The van der Waals surface area contributed by atoms with Crippen LogP contribution in [0.4, 0.5) is 0 Å². The van der Waals surface area contributed by atoms with Gasteiger partial charge in [0.05, 0.1) is 0 Å². The highest BCUT2D eigenvalue weighted by molar-refractivity contribution is 4.47. The second-order valence-corrected chi connectivity index (χ2v) is 3.44. The van der Waals surface area contributed by atoms with Crippen LogP contribution in [-0.4, -0.2) is 13.2 Å². The molecule has 0 atom stereocenters. The van der Waals surface area contributed by atoms with Gasteiger partial charge in [0, 0.05) is 13.2 Å². The van der Waals surface area contributed by atoms with Crippen LogP contribution < -0.4 is 0 Å². The van der Waals surface area contributed by atoms with Crippen LogP contribution in [0.25, 0.3) is 0 Å². The lowest BCUT2D eigenvalue weighted by molar-refractivity contribution is 0.156. The Kier molecular flexibility index (Phi) is 11.9. The minimum absolute atomic E-state index is 0.615. The van der Waals surface area contributed by atoms with Gasteiger partial charge in [0.2, 0.25) is 0 Å². The Bertz CT molecular complexity index is 71.2. The van der Waals surface area contributed by atoms with E-state index in [1.165, 1.54) is 44.9 Å². The van der Waals surface area contributed by atoms with Crippen molar-refractivity contribution in [2.24, 2.45) is 0 Å². The van der Waals surface area contributed by atoms with Crippen molar-refractivity contribution in [1.82, 2.24) is 0 Å². The van der Waals surface area contributed by atoms with E-state index < -0.39 is 0 Å². The van der Waals surface area contributed by atoms with Crippen LogP contribution in [0.15, 0.2) is 0 Å². The zero-order valence-corrected chi connectivity index (χ0v) is 8.89. The van der Waals surface area contributed by atoms with Crippen molar-refractivity contribution in [3.8, 4) is 0 Å². The van der Waals surface area contributed by atoms with Crippen LogP contribution >= 0.6 is 0 Å². The molecule has 0 aromatic carbocycles. The monoisotopic (exact) mass is 184 g/mol. The molecule has 0 N–H and O–H groups in total. The molecule has 0 aliphatic heterocycles. The van der Waals surface area contributed by atoms with E-state index in [4.69, 9.17) is 4.74 Å². The first kappa shape index (κ1) is 13.0. The number of hydrogen-bond acceptors (Lipinski definition) is 1. The van der Waals surface area contributed by atoms with Gasteiger partial charge in [-0.15, -0.1) is 0 Å². The zero-order chi connectivity index (χ0) is 9.78. The molecule has 1 heteroatoms. The van der Waals surface area contributed by atoms with E-state index >= 15 is 0 Å². The lowest BCUT2D eigenvalue weighted by atomic mass is 10.1. The third-order valence-electron chi connectivity index (χ3n) is 2.18. The molecule has 13 heavy (non-hydrogen) atoms. The molecule has 0 bridgehead atoms. The maximum absolute atomic E-state index is 5.16. The van der Waals surface area contributed by atoms with Gasteiger partial charge in [0.15, 0.2) is 0 Å². The fourth-order valence-electron chi connectivity index (χ4n) is 1.37. The molecule has 0 unspecified atom stereocenters. The number of rotatable bonds is 10. The number of ether oxygens (including phenoxy) is 1. The van der Waals surface area contributed by atoms with Crippen LogP contribution in [0, 0.1) is 13.8 Å². The van der Waals surface area contributed by atoms with E-state index in [9.17, 15) is 0 Å². The molecule has 0 amide bonds. The lowest BCUT2D eigenvalue weighted by Gasteiger charge is -2.01. The molecule has 0 aliphatic rings. The van der Waals surface area contributed by atoms with E-state index in [1.807, 2.05) is 0 Å². The SMILES string of the molecule is [CH2]CCCCCCCCCOC[CH2]. The third kappa shape index (κ3) is 12.0. The molecule has 0 aromatic rings. The Morgan fingerprint density at radius 2 is 1.23 bits per heavy atom. The van der Waals surface area contributed by atoms with E-state index in [1.54, 1.807) is 0 Å². The average Bonchev–Trinajstić information content (AvgIpc) is 2.16. The summed E-state index contributed by atoms with van der Waals surface area (Å²) in [5.74, 6) is 0. The Balaban J connectivity index is 2.76. The van der Waals surface area contributed by atoms with Gasteiger partial charge in [-0.2, -0.15) is 0 Å². The van der Waals surface area contributed by atoms with Gasteiger partial charge in [-0.3, -0.25) is 0 Å². The smallest absolute Gasteiger partial charge is 0.0466 e. The van der Waals surface area contributed by atoms with Gasteiger partial charge in [0.25, 0.3) is 0 Å². The van der Waals surface area contributed by atoms with E-state index in [-0.39, 0.29) is 0 Å². The topological polar surface area (TPSA) is 9.23 Å². The van der Waals surface area contributed by atoms with Gasteiger partial charge in [-0.1, -0.05) is 51.9 Å². The Morgan fingerprint density at radius 3 is 1.77 bits per heavy atom. The maximum Gasteiger partial charge on any atom is 0.0466 e. The molecule has 0 saturated carbocycles. The van der Waals surface area contributed by atoms with E-state index in [0.29, 0.717) is 6.61 Å². The summed E-state index contributed by atoms with van der Waals surface area (Å²) in [4.78, 5) is 0. The molecular weight excluding hydrogens is 160 g/mol. The first-order valence-electron chi connectivity index (χ1n) is 5.58. The summed E-state index contributed by atoms with van der Waals surface area (Å²) in [5, 5.41) is 0. The second kappa shape index (κ2) is 12.0. The summed E-state index contributed by atoms with van der Waals surface area (Å²) in [6.07, 6.45) is 10.4. The average molecular weight is 184 g/mol.